The molecule has 0 aliphatic carbocycles. The number of alkyl halides is 5. The summed E-state index contributed by atoms with van der Waals surface area (Å²) in [6.45, 7) is 0.636. The molecule has 0 amide bonds. The lowest BCUT2D eigenvalue weighted by molar-refractivity contribution is -0.291. The highest BCUT2D eigenvalue weighted by atomic mass is 28.4. The Morgan fingerprint density at radius 1 is 0.600 bits per heavy atom. The van der Waals surface area contributed by atoms with Crippen LogP contribution in [-0.2, 0) is 8.85 Å². The molecule has 2 aromatic rings. The molecule has 196 valence electrons. The van der Waals surface area contributed by atoms with E-state index < -0.39 is 27.3 Å². The van der Waals surface area contributed by atoms with E-state index in [1.54, 1.807) is 60.7 Å². The normalized spacial score (nSPS) is 12.7. The van der Waals surface area contributed by atoms with Crippen LogP contribution in [0.15, 0.2) is 60.7 Å². The van der Waals surface area contributed by atoms with Crippen LogP contribution in [0, 0.1) is 0 Å². The number of halogens is 5. The first-order valence-corrected chi connectivity index (χ1v) is 14.4. The average Bonchev–Trinajstić information content (AvgIpc) is 2.85. The van der Waals surface area contributed by atoms with Gasteiger partial charge in [0.25, 0.3) is 0 Å². The van der Waals surface area contributed by atoms with Crippen LogP contribution in [0.2, 0.25) is 0 Å². The van der Waals surface area contributed by atoms with E-state index in [4.69, 9.17) is 8.85 Å². The van der Waals surface area contributed by atoms with Crippen LogP contribution in [0.1, 0.15) is 71.1 Å². The Bertz CT molecular complexity index is 776. The summed E-state index contributed by atoms with van der Waals surface area (Å²) >= 11 is 0. The SMILES string of the molecule is CCCCCCCCCCCCO[Si](OCC(F)(F)C(F)(F)F)(c1ccccc1)c1ccccc1. The smallest absolute Gasteiger partial charge is 0.388 e. The molecule has 0 saturated carbocycles. The second-order valence-electron chi connectivity index (χ2n) is 8.87. The number of benzene rings is 2. The van der Waals surface area contributed by atoms with Crippen molar-refractivity contribution in [2.75, 3.05) is 13.2 Å². The Kier molecular flexibility index (Phi) is 12.4. The van der Waals surface area contributed by atoms with Crippen LogP contribution in [0.4, 0.5) is 22.0 Å². The Morgan fingerprint density at radius 2 is 1.03 bits per heavy atom. The van der Waals surface area contributed by atoms with E-state index >= 15 is 0 Å². The zero-order valence-corrected chi connectivity index (χ0v) is 21.5. The molecule has 0 aliphatic heterocycles. The molecule has 0 unspecified atom stereocenters. The van der Waals surface area contributed by atoms with E-state index in [1.807, 2.05) is 0 Å². The van der Waals surface area contributed by atoms with Gasteiger partial charge in [-0.15, -0.1) is 0 Å². The minimum atomic E-state index is -5.70. The molecule has 8 heteroatoms. The van der Waals surface area contributed by atoms with Crippen molar-refractivity contribution in [3.05, 3.63) is 60.7 Å². The van der Waals surface area contributed by atoms with Crippen molar-refractivity contribution in [1.82, 2.24) is 0 Å². The van der Waals surface area contributed by atoms with Gasteiger partial charge in [-0.1, -0.05) is 125 Å². The molecule has 0 saturated heterocycles. The van der Waals surface area contributed by atoms with Crippen molar-refractivity contribution in [1.29, 1.82) is 0 Å². The fraction of sp³-hybridized carbons (Fsp3) is 0.556. The predicted molar refractivity (Wildman–Crippen MR) is 133 cm³/mol. The third-order valence-electron chi connectivity index (χ3n) is 5.98. The van der Waals surface area contributed by atoms with Crippen LogP contribution in [0.25, 0.3) is 0 Å². The van der Waals surface area contributed by atoms with E-state index in [1.165, 1.54) is 38.5 Å². The Morgan fingerprint density at radius 3 is 1.46 bits per heavy atom. The van der Waals surface area contributed by atoms with Crippen LogP contribution in [-0.4, -0.2) is 33.9 Å². The average molecular weight is 517 g/mol. The van der Waals surface area contributed by atoms with Crippen molar-refractivity contribution < 1.29 is 30.8 Å². The number of hydrogen-bond acceptors (Lipinski definition) is 2. The fourth-order valence-electron chi connectivity index (χ4n) is 3.94. The summed E-state index contributed by atoms with van der Waals surface area (Å²) in [5.74, 6) is -4.98. The standard InChI is InChI=1S/C27H37F5O2Si/c1-2-3-4-5-6-7-8-9-10-17-22-33-35(24-18-13-11-14-19-24,25-20-15-12-16-21-25)34-23-26(28,29)27(30,31)32/h11-16,18-21H,2-10,17,22-23H2,1H3. The molecule has 0 fully saturated rings. The summed E-state index contributed by atoms with van der Waals surface area (Å²) in [4.78, 5) is 0. The van der Waals surface area contributed by atoms with Crippen LogP contribution >= 0.6 is 0 Å². The van der Waals surface area contributed by atoms with Gasteiger partial charge in [-0.2, -0.15) is 22.0 Å². The molecule has 0 heterocycles. The Balaban J connectivity index is 2.06. The van der Waals surface area contributed by atoms with E-state index in [9.17, 15) is 22.0 Å². The van der Waals surface area contributed by atoms with Gasteiger partial charge in [0.05, 0.1) is 0 Å². The van der Waals surface area contributed by atoms with Gasteiger partial charge in [-0.05, 0) is 16.8 Å². The molecular weight excluding hydrogens is 479 g/mol. The quantitative estimate of drug-likeness (QED) is 0.124. The van der Waals surface area contributed by atoms with Crippen molar-refractivity contribution in [3.63, 3.8) is 0 Å². The molecule has 35 heavy (non-hydrogen) atoms. The largest absolute Gasteiger partial charge is 0.455 e. The molecule has 0 aliphatic rings. The van der Waals surface area contributed by atoms with E-state index in [2.05, 4.69) is 6.92 Å². The van der Waals surface area contributed by atoms with Crippen molar-refractivity contribution in [2.24, 2.45) is 0 Å². The van der Waals surface area contributed by atoms with Crippen molar-refractivity contribution >= 4 is 18.9 Å². The first kappa shape index (κ1) is 29.5. The highest BCUT2D eigenvalue weighted by Crippen LogP contribution is 2.36. The van der Waals surface area contributed by atoms with Gasteiger partial charge in [-0.25, -0.2) is 0 Å². The van der Waals surface area contributed by atoms with Crippen LogP contribution in [0.5, 0.6) is 0 Å². The monoisotopic (exact) mass is 516 g/mol. The summed E-state index contributed by atoms with van der Waals surface area (Å²) in [5.41, 5.74) is 0. The van der Waals surface area contributed by atoms with Crippen molar-refractivity contribution in [3.8, 4) is 0 Å². The van der Waals surface area contributed by atoms with Gasteiger partial charge in [0.15, 0.2) is 0 Å². The van der Waals surface area contributed by atoms with Crippen molar-refractivity contribution in [2.45, 2.75) is 83.2 Å². The van der Waals surface area contributed by atoms with Gasteiger partial charge >= 0.3 is 20.7 Å². The fourth-order valence-corrected chi connectivity index (χ4v) is 7.10. The maximum absolute atomic E-state index is 13.9. The third-order valence-corrected chi connectivity index (χ3v) is 9.33. The summed E-state index contributed by atoms with van der Waals surface area (Å²) in [6, 6.07) is 17.0. The van der Waals surface area contributed by atoms with Gasteiger partial charge < -0.3 is 8.85 Å². The molecule has 0 radical (unpaired) electrons. The van der Waals surface area contributed by atoms with Gasteiger partial charge in [0, 0.05) is 6.61 Å². The lowest BCUT2D eigenvalue weighted by Crippen LogP contribution is -2.65. The molecule has 0 aromatic heterocycles. The minimum Gasteiger partial charge on any atom is -0.388 e. The summed E-state index contributed by atoms with van der Waals surface area (Å²) in [7, 11) is -3.81. The molecule has 2 rings (SSSR count). The topological polar surface area (TPSA) is 18.5 Å². The number of unbranched alkanes of at least 4 members (excludes halogenated alkanes) is 9. The highest BCUT2D eigenvalue weighted by Gasteiger charge is 2.59. The summed E-state index contributed by atoms with van der Waals surface area (Å²) in [6.07, 6.45) is 5.53. The minimum absolute atomic E-state index is 0.226. The predicted octanol–water partition coefficient (Wildman–Crippen LogP) is 7.39. The molecule has 0 N–H and O–H groups in total. The summed E-state index contributed by atoms with van der Waals surface area (Å²) < 4.78 is 78.2. The lowest BCUT2D eigenvalue weighted by Gasteiger charge is -2.33. The number of rotatable bonds is 17. The van der Waals surface area contributed by atoms with Gasteiger partial charge in [-0.3, -0.25) is 0 Å². The van der Waals surface area contributed by atoms with Crippen LogP contribution < -0.4 is 10.4 Å². The first-order valence-electron chi connectivity index (χ1n) is 12.6. The van der Waals surface area contributed by atoms with Crippen LogP contribution in [0.3, 0.4) is 0 Å². The second-order valence-corrected chi connectivity index (χ2v) is 11.8. The first-order chi connectivity index (χ1) is 16.7. The molecule has 2 aromatic carbocycles. The summed E-state index contributed by atoms with van der Waals surface area (Å²) in [5, 5.41) is 0.993. The second kappa shape index (κ2) is 14.7. The van der Waals surface area contributed by atoms with E-state index in [0.29, 0.717) is 16.8 Å². The van der Waals surface area contributed by atoms with Gasteiger partial charge in [0.1, 0.15) is 6.61 Å². The highest BCUT2D eigenvalue weighted by molar-refractivity contribution is 6.92. The Labute approximate surface area is 207 Å². The molecular formula is C27H37F5O2Si. The molecule has 2 nitrogen and oxygen atoms in total. The maximum Gasteiger partial charge on any atom is 0.455 e. The molecule has 0 atom stereocenters. The zero-order chi connectivity index (χ0) is 25.6. The third kappa shape index (κ3) is 9.31. The number of hydrogen-bond donors (Lipinski definition) is 0. The zero-order valence-electron chi connectivity index (χ0n) is 20.5. The molecule has 0 bridgehead atoms. The Hall–Kier alpha value is -1.77. The maximum atomic E-state index is 13.9. The van der Waals surface area contributed by atoms with Gasteiger partial charge in [0.2, 0.25) is 0 Å². The van der Waals surface area contributed by atoms with E-state index in [-0.39, 0.29) is 6.61 Å². The van der Waals surface area contributed by atoms with E-state index in [0.717, 1.165) is 19.3 Å². The molecule has 0 spiro atoms. The lowest BCUT2D eigenvalue weighted by atomic mass is 10.1.